The second-order valence-corrected chi connectivity index (χ2v) is 5.50. The topological polar surface area (TPSA) is 74.7 Å². The third-order valence-electron chi connectivity index (χ3n) is 3.26. The Hall–Kier alpha value is -2.50. The summed E-state index contributed by atoms with van der Waals surface area (Å²) >= 11 is 0. The zero-order chi connectivity index (χ0) is 15.2. The van der Waals surface area contributed by atoms with Gasteiger partial charge < -0.3 is 10.1 Å². The Kier molecular flexibility index (Phi) is 2.90. The number of fused-ring (bicyclic) bond motifs is 1. The summed E-state index contributed by atoms with van der Waals surface area (Å²) in [4.78, 5) is 15.8. The van der Waals surface area contributed by atoms with Crippen LogP contribution in [-0.4, -0.2) is 25.0 Å². The molecule has 0 bridgehead atoms. The highest BCUT2D eigenvalue weighted by molar-refractivity contribution is 5.78. The molecule has 0 saturated heterocycles. The van der Waals surface area contributed by atoms with E-state index in [2.05, 4.69) is 19.9 Å². The minimum absolute atomic E-state index is 0.107. The van der Waals surface area contributed by atoms with Crippen LogP contribution in [0.4, 0.5) is 4.39 Å². The van der Waals surface area contributed by atoms with Crippen molar-refractivity contribution >= 4 is 11.0 Å². The standard InChI is InChI=1S/C15H15FN4O/c1-8-4-9(21)6-18-13(8)14-19-10-5-12(15(2,3)16)17-7-11(10)20-14/h4-7,21H,1-3H3,(H,19,20). The molecule has 3 rings (SSSR count). The third-order valence-corrected chi connectivity index (χ3v) is 3.26. The van der Waals surface area contributed by atoms with Gasteiger partial charge in [0.1, 0.15) is 17.1 Å². The van der Waals surface area contributed by atoms with E-state index in [1.54, 1.807) is 18.3 Å². The molecule has 2 N–H and O–H groups in total. The Morgan fingerprint density at radius 1 is 1.19 bits per heavy atom. The number of aryl methyl sites for hydroxylation is 1. The Morgan fingerprint density at radius 2 is 1.95 bits per heavy atom. The van der Waals surface area contributed by atoms with Gasteiger partial charge in [0.2, 0.25) is 0 Å². The van der Waals surface area contributed by atoms with E-state index in [0.717, 1.165) is 5.56 Å². The van der Waals surface area contributed by atoms with Crippen LogP contribution in [-0.2, 0) is 5.67 Å². The van der Waals surface area contributed by atoms with Gasteiger partial charge in [0.05, 0.1) is 29.1 Å². The first-order valence-corrected chi connectivity index (χ1v) is 6.56. The molecule has 0 amide bonds. The van der Waals surface area contributed by atoms with E-state index in [0.29, 0.717) is 28.2 Å². The molecule has 0 radical (unpaired) electrons. The Morgan fingerprint density at radius 3 is 2.62 bits per heavy atom. The molecule has 0 spiro atoms. The molecular formula is C15H15FN4O. The molecule has 0 saturated carbocycles. The summed E-state index contributed by atoms with van der Waals surface area (Å²) in [6.07, 6.45) is 2.93. The van der Waals surface area contributed by atoms with E-state index in [1.807, 2.05) is 6.92 Å². The summed E-state index contributed by atoms with van der Waals surface area (Å²) in [6, 6.07) is 3.24. The normalized spacial score (nSPS) is 12.0. The zero-order valence-electron chi connectivity index (χ0n) is 12.0. The fourth-order valence-corrected chi connectivity index (χ4v) is 2.15. The number of rotatable bonds is 2. The first-order valence-electron chi connectivity index (χ1n) is 6.56. The molecule has 3 heterocycles. The highest BCUT2D eigenvalue weighted by atomic mass is 19.1. The summed E-state index contributed by atoms with van der Waals surface area (Å²) in [5.41, 5.74) is 1.61. The number of aromatic amines is 1. The van der Waals surface area contributed by atoms with Crippen LogP contribution in [0.25, 0.3) is 22.6 Å². The number of pyridine rings is 2. The number of hydrogen-bond donors (Lipinski definition) is 2. The van der Waals surface area contributed by atoms with Gasteiger partial charge in [0.15, 0.2) is 5.82 Å². The molecule has 0 aliphatic heterocycles. The average Bonchev–Trinajstić information content (AvgIpc) is 2.79. The number of H-pyrrole nitrogens is 1. The lowest BCUT2D eigenvalue weighted by molar-refractivity contribution is 0.214. The van der Waals surface area contributed by atoms with Gasteiger partial charge in [-0.3, -0.25) is 4.98 Å². The lowest BCUT2D eigenvalue weighted by atomic mass is 10.1. The molecule has 21 heavy (non-hydrogen) atoms. The van der Waals surface area contributed by atoms with Gasteiger partial charge >= 0.3 is 0 Å². The number of hydrogen-bond acceptors (Lipinski definition) is 4. The summed E-state index contributed by atoms with van der Waals surface area (Å²) < 4.78 is 13.9. The smallest absolute Gasteiger partial charge is 0.157 e. The summed E-state index contributed by atoms with van der Waals surface area (Å²) in [5, 5.41) is 9.41. The highest BCUT2D eigenvalue weighted by Gasteiger charge is 2.21. The molecule has 0 aliphatic rings. The molecule has 0 fully saturated rings. The minimum atomic E-state index is -1.51. The van der Waals surface area contributed by atoms with Crippen molar-refractivity contribution in [3.8, 4) is 17.3 Å². The van der Waals surface area contributed by atoms with Crippen LogP contribution < -0.4 is 0 Å². The van der Waals surface area contributed by atoms with Gasteiger partial charge in [-0.15, -0.1) is 0 Å². The average molecular weight is 286 g/mol. The van der Waals surface area contributed by atoms with E-state index in [9.17, 15) is 9.50 Å². The second kappa shape index (κ2) is 4.51. The van der Waals surface area contributed by atoms with Crippen molar-refractivity contribution in [1.82, 2.24) is 19.9 Å². The molecule has 6 heteroatoms. The van der Waals surface area contributed by atoms with Crippen molar-refractivity contribution in [2.24, 2.45) is 0 Å². The van der Waals surface area contributed by atoms with E-state index in [1.165, 1.54) is 20.0 Å². The van der Waals surface area contributed by atoms with Gasteiger partial charge in [0.25, 0.3) is 0 Å². The highest BCUT2D eigenvalue weighted by Crippen LogP contribution is 2.27. The molecule has 3 aromatic rings. The largest absolute Gasteiger partial charge is 0.506 e. The lowest BCUT2D eigenvalue weighted by Gasteiger charge is -2.12. The van der Waals surface area contributed by atoms with Crippen LogP contribution in [0.5, 0.6) is 5.75 Å². The van der Waals surface area contributed by atoms with Gasteiger partial charge in [0, 0.05) is 0 Å². The van der Waals surface area contributed by atoms with Crippen LogP contribution >= 0.6 is 0 Å². The van der Waals surface area contributed by atoms with E-state index >= 15 is 0 Å². The van der Waals surface area contributed by atoms with E-state index in [-0.39, 0.29) is 5.75 Å². The number of aromatic hydroxyl groups is 1. The van der Waals surface area contributed by atoms with Crippen molar-refractivity contribution in [2.45, 2.75) is 26.4 Å². The predicted molar refractivity (Wildman–Crippen MR) is 77.7 cm³/mol. The Labute approximate surface area is 120 Å². The number of imidazole rings is 1. The van der Waals surface area contributed by atoms with Crippen LogP contribution in [0.3, 0.4) is 0 Å². The monoisotopic (exact) mass is 286 g/mol. The van der Waals surface area contributed by atoms with Crippen molar-refractivity contribution in [3.63, 3.8) is 0 Å². The number of halogens is 1. The first-order chi connectivity index (χ1) is 9.84. The number of aromatic nitrogens is 4. The molecule has 3 aromatic heterocycles. The van der Waals surface area contributed by atoms with Crippen molar-refractivity contribution in [3.05, 3.63) is 35.8 Å². The van der Waals surface area contributed by atoms with Crippen LogP contribution in [0, 0.1) is 6.92 Å². The fourth-order valence-electron chi connectivity index (χ4n) is 2.15. The molecule has 0 aliphatic carbocycles. The molecule has 0 aromatic carbocycles. The maximum absolute atomic E-state index is 13.9. The molecule has 0 unspecified atom stereocenters. The second-order valence-electron chi connectivity index (χ2n) is 5.50. The molecule has 108 valence electrons. The first kappa shape index (κ1) is 13.5. The van der Waals surface area contributed by atoms with Crippen LogP contribution in [0.15, 0.2) is 24.5 Å². The predicted octanol–water partition coefficient (Wildman–Crippen LogP) is 3.24. The quantitative estimate of drug-likeness (QED) is 0.758. The van der Waals surface area contributed by atoms with Crippen molar-refractivity contribution in [2.75, 3.05) is 0 Å². The summed E-state index contributed by atoms with van der Waals surface area (Å²) in [5.74, 6) is 0.675. The summed E-state index contributed by atoms with van der Waals surface area (Å²) in [6.45, 7) is 4.75. The zero-order valence-corrected chi connectivity index (χ0v) is 12.0. The van der Waals surface area contributed by atoms with Crippen LogP contribution in [0.2, 0.25) is 0 Å². The Bertz CT molecular complexity index is 820. The van der Waals surface area contributed by atoms with Crippen LogP contribution in [0.1, 0.15) is 25.1 Å². The number of nitrogens with one attached hydrogen (secondary N) is 1. The van der Waals surface area contributed by atoms with Crippen molar-refractivity contribution < 1.29 is 9.50 Å². The maximum atomic E-state index is 13.9. The van der Waals surface area contributed by atoms with Gasteiger partial charge in [-0.2, -0.15) is 0 Å². The number of nitrogens with zero attached hydrogens (tertiary/aromatic N) is 3. The number of alkyl halides is 1. The van der Waals surface area contributed by atoms with Gasteiger partial charge in [-0.25, -0.2) is 14.4 Å². The third kappa shape index (κ3) is 2.44. The molecule has 0 atom stereocenters. The fraction of sp³-hybridized carbons (Fsp3) is 0.267. The Balaban J connectivity index is 2.13. The van der Waals surface area contributed by atoms with Crippen molar-refractivity contribution in [1.29, 1.82) is 0 Å². The molecule has 5 nitrogen and oxygen atoms in total. The summed E-state index contributed by atoms with van der Waals surface area (Å²) in [7, 11) is 0. The van der Waals surface area contributed by atoms with E-state index in [4.69, 9.17) is 0 Å². The minimum Gasteiger partial charge on any atom is -0.506 e. The maximum Gasteiger partial charge on any atom is 0.157 e. The lowest BCUT2D eigenvalue weighted by Crippen LogP contribution is -2.10. The van der Waals surface area contributed by atoms with Gasteiger partial charge in [-0.05, 0) is 38.5 Å². The van der Waals surface area contributed by atoms with E-state index < -0.39 is 5.67 Å². The SMILES string of the molecule is Cc1cc(O)cnc1-c1nc2cc(C(C)(C)F)ncc2[nH]1. The molecular weight excluding hydrogens is 271 g/mol. The van der Waals surface area contributed by atoms with Gasteiger partial charge in [-0.1, -0.05) is 0 Å².